The smallest absolute Gasteiger partial charge is 0.246 e. The number of carbonyl (C=O) groups is 2. The van der Waals surface area contributed by atoms with Crippen LogP contribution in [0.5, 0.6) is 0 Å². The summed E-state index contributed by atoms with van der Waals surface area (Å²) in [6.07, 6.45) is 5.09. The number of fused-ring (bicyclic) bond motifs is 2. The molecule has 0 bridgehead atoms. The first-order chi connectivity index (χ1) is 14.4. The third kappa shape index (κ3) is 3.97. The number of benzene rings is 1. The molecule has 1 atom stereocenters. The number of rotatable bonds is 4. The van der Waals surface area contributed by atoms with Gasteiger partial charge in [0.25, 0.3) is 0 Å². The van der Waals surface area contributed by atoms with E-state index in [1.54, 1.807) is 24.2 Å². The highest BCUT2D eigenvalue weighted by Crippen LogP contribution is 2.26. The van der Waals surface area contributed by atoms with Crippen LogP contribution in [0.25, 0.3) is 17.0 Å². The summed E-state index contributed by atoms with van der Waals surface area (Å²) < 4.78 is 5.90. The molecule has 0 fully saturated rings. The molecule has 7 nitrogen and oxygen atoms in total. The lowest BCUT2D eigenvalue weighted by atomic mass is 10.1. The zero-order valence-electron chi connectivity index (χ0n) is 17.0. The van der Waals surface area contributed by atoms with Gasteiger partial charge in [-0.05, 0) is 30.7 Å². The van der Waals surface area contributed by atoms with Crippen molar-refractivity contribution in [2.45, 2.75) is 25.9 Å². The number of Topliss-reactive ketones (excluding diaryl/α,β-unsaturated/α-hetero) is 1. The average Bonchev–Trinajstić information content (AvgIpc) is 2.98. The van der Waals surface area contributed by atoms with Gasteiger partial charge in [-0.3, -0.25) is 14.6 Å². The first-order valence-electron chi connectivity index (χ1n) is 9.83. The largest absolute Gasteiger partial charge is 0.459 e. The number of amides is 1. The quantitative estimate of drug-likeness (QED) is 0.649. The van der Waals surface area contributed by atoms with E-state index in [1.807, 2.05) is 37.3 Å². The number of hydrogen-bond donors (Lipinski definition) is 2. The van der Waals surface area contributed by atoms with Crippen molar-refractivity contribution in [3.8, 4) is 0 Å². The van der Waals surface area contributed by atoms with Gasteiger partial charge in [0.2, 0.25) is 5.91 Å². The summed E-state index contributed by atoms with van der Waals surface area (Å²) in [6, 6.07) is 9.18. The Morgan fingerprint density at radius 2 is 2.20 bits per heavy atom. The maximum absolute atomic E-state index is 12.6. The van der Waals surface area contributed by atoms with E-state index in [-0.39, 0.29) is 18.1 Å². The van der Waals surface area contributed by atoms with E-state index in [0.29, 0.717) is 18.8 Å². The topological polar surface area (TPSA) is 101 Å². The Labute approximate surface area is 174 Å². The molecule has 1 aromatic carbocycles. The summed E-state index contributed by atoms with van der Waals surface area (Å²) in [4.78, 5) is 30.4. The number of aromatic nitrogens is 1. The van der Waals surface area contributed by atoms with E-state index in [9.17, 15) is 9.59 Å². The fourth-order valence-electron chi connectivity index (χ4n) is 3.49. The van der Waals surface area contributed by atoms with Crippen molar-refractivity contribution in [3.05, 3.63) is 65.2 Å². The Balaban J connectivity index is 1.45. The lowest BCUT2D eigenvalue weighted by molar-refractivity contribution is -0.125. The summed E-state index contributed by atoms with van der Waals surface area (Å²) in [6.45, 7) is 2.76. The molecule has 2 aromatic heterocycles. The van der Waals surface area contributed by atoms with Crippen LogP contribution in [0.1, 0.15) is 22.6 Å². The van der Waals surface area contributed by atoms with Crippen LogP contribution >= 0.6 is 0 Å². The van der Waals surface area contributed by atoms with Crippen molar-refractivity contribution in [3.63, 3.8) is 0 Å². The summed E-state index contributed by atoms with van der Waals surface area (Å²) >= 11 is 0. The fraction of sp³-hybridized carbons (Fsp3) is 0.261. The van der Waals surface area contributed by atoms with Gasteiger partial charge in [0.05, 0.1) is 30.4 Å². The van der Waals surface area contributed by atoms with Crippen molar-refractivity contribution in [1.29, 1.82) is 0 Å². The number of carbonyl (C=O) groups excluding carboxylic acids is 2. The maximum atomic E-state index is 12.6. The van der Waals surface area contributed by atoms with Gasteiger partial charge in [-0.15, -0.1) is 0 Å². The number of pyridine rings is 1. The normalized spacial score (nSPS) is 16.4. The summed E-state index contributed by atoms with van der Waals surface area (Å²) in [5.74, 6) is 0.599. The van der Waals surface area contributed by atoms with Crippen LogP contribution in [-0.2, 0) is 22.6 Å². The lowest BCUT2D eigenvalue weighted by Crippen LogP contribution is -2.36. The van der Waals surface area contributed by atoms with Gasteiger partial charge in [-0.1, -0.05) is 18.2 Å². The number of nitrogens with two attached hydrogens (primary N) is 1. The molecule has 7 heteroatoms. The zero-order valence-corrected chi connectivity index (χ0v) is 17.0. The maximum Gasteiger partial charge on any atom is 0.246 e. The highest BCUT2D eigenvalue weighted by molar-refractivity contribution is 5.92. The van der Waals surface area contributed by atoms with Crippen LogP contribution in [0.4, 0.5) is 5.69 Å². The van der Waals surface area contributed by atoms with Crippen LogP contribution in [0.15, 0.2) is 47.0 Å². The number of para-hydroxylation sites is 1. The number of likely N-dealkylation sites (N-methyl/N-ethyl adjacent to an activating group) is 1. The number of aryl methyl sites for hydroxylation is 1. The Morgan fingerprint density at radius 3 is 3.00 bits per heavy atom. The number of anilines is 1. The molecule has 0 saturated carbocycles. The third-order valence-corrected chi connectivity index (χ3v) is 5.38. The van der Waals surface area contributed by atoms with Crippen molar-refractivity contribution in [2.75, 3.05) is 18.9 Å². The second kappa shape index (κ2) is 8.12. The molecule has 0 radical (unpaired) electrons. The molecule has 1 aliphatic rings. The molecule has 0 saturated heterocycles. The Kier molecular flexibility index (Phi) is 5.37. The molecule has 3 heterocycles. The van der Waals surface area contributed by atoms with Gasteiger partial charge in [-0.25, -0.2) is 0 Å². The van der Waals surface area contributed by atoms with E-state index in [2.05, 4.69) is 10.3 Å². The van der Waals surface area contributed by atoms with Gasteiger partial charge in [0.1, 0.15) is 11.3 Å². The molecule has 154 valence electrons. The molecule has 30 heavy (non-hydrogen) atoms. The SMILES string of the molecule is Cc1c(CN(C)C(=O)/C=C/c2cnc3c(c2)NC[C@@H](N)C(=O)C3)oc2ccccc12. The summed E-state index contributed by atoms with van der Waals surface area (Å²) in [5.41, 5.74) is 9.90. The zero-order chi connectivity index (χ0) is 21.3. The number of furan rings is 1. The van der Waals surface area contributed by atoms with Crippen LogP contribution < -0.4 is 11.1 Å². The molecule has 1 amide bonds. The number of nitrogens with zero attached hydrogens (tertiary/aromatic N) is 2. The first-order valence-corrected chi connectivity index (χ1v) is 9.83. The van der Waals surface area contributed by atoms with E-state index in [1.165, 1.54) is 6.08 Å². The molecule has 3 N–H and O–H groups in total. The molecule has 0 spiro atoms. The number of hydrogen-bond acceptors (Lipinski definition) is 6. The highest BCUT2D eigenvalue weighted by Gasteiger charge is 2.21. The van der Waals surface area contributed by atoms with Gasteiger partial charge < -0.3 is 20.4 Å². The van der Waals surface area contributed by atoms with E-state index in [0.717, 1.165) is 33.5 Å². The third-order valence-electron chi connectivity index (χ3n) is 5.38. The van der Waals surface area contributed by atoms with E-state index in [4.69, 9.17) is 10.2 Å². The van der Waals surface area contributed by atoms with Crippen LogP contribution in [0.2, 0.25) is 0 Å². The second-order valence-corrected chi connectivity index (χ2v) is 7.57. The van der Waals surface area contributed by atoms with Crippen molar-refractivity contribution in [2.24, 2.45) is 5.73 Å². The van der Waals surface area contributed by atoms with Crippen molar-refractivity contribution < 1.29 is 14.0 Å². The Hall–Kier alpha value is -3.45. The van der Waals surface area contributed by atoms with Gasteiger partial charge in [0, 0.05) is 36.8 Å². The van der Waals surface area contributed by atoms with Gasteiger partial charge >= 0.3 is 0 Å². The van der Waals surface area contributed by atoms with Gasteiger partial charge in [0.15, 0.2) is 5.78 Å². The standard InChI is InChI=1S/C23H24N4O3/c1-14-16-5-3-4-6-21(16)30-22(14)13-27(2)23(29)8-7-15-9-18-19(25-11-15)10-20(28)17(24)12-26-18/h3-9,11,17,26H,10,12-13,24H2,1-2H3/b8-7+/t17-/m1/s1. The minimum Gasteiger partial charge on any atom is -0.459 e. The van der Waals surface area contributed by atoms with Crippen molar-refractivity contribution in [1.82, 2.24) is 9.88 Å². The Morgan fingerprint density at radius 1 is 1.40 bits per heavy atom. The molecule has 4 rings (SSSR count). The average molecular weight is 404 g/mol. The second-order valence-electron chi connectivity index (χ2n) is 7.57. The molecule has 0 unspecified atom stereocenters. The van der Waals surface area contributed by atoms with Crippen molar-refractivity contribution >= 4 is 34.4 Å². The fourth-order valence-corrected chi connectivity index (χ4v) is 3.49. The minimum absolute atomic E-state index is 0.0327. The minimum atomic E-state index is -0.532. The molecule has 3 aromatic rings. The molecular weight excluding hydrogens is 380 g/mol. The van der Waals surface area contributed by atoms with Crippen LogP contribution in [-0.4, -0.2) is 41.2 Å². The summed E-state index contributed by atoms with van der Waals surface area (Å²) in [7, 11) is 1.74. The van der Waals surface area contributed by atoms with Gasteiger partial charge in [-0.2, -0.15) is 0 Å². The van der Waals surface area contributed by atoms with Crippen LogP contribution in [0, 0.1) is 6.92 Å². The molecular formula is C23H24N4O3. The number of nitrogens with one attached hydrogen (secondary N) is 1. The van der Waals surface area contributed by atoms with Crippen LogP contribution in [0.3, 0.4) is 0 Å². The monoisotopic (exact) mass is 404 g/mol. The first kappa shape index (κ1) is 19.8. The predicted octanol–water partition coefficient (Wildman–Crippen LogP) is 2.67. The summed E-state index contributed by atoms with van der Waals surface area (Å²) in [5, 5.41) is 4.22. The Bertz CT molecular complexity index is 1150. The number of ketones is 1. The lowest BCUT2D eigenvalue weighted by Gasteiger charge is -2.14. The highest BCUT2D eigenvalue weighted by atomic mass is 16.3. The molecule has 0 aliphatic carbocycles. The predicted molar refractivity (Wildman–Crippen MR) is 116 cm³/mol. The van der Waals surface area contributed by atoms with E-state index >= 15 is 0 Å². The van der Waals surface area contributed by atoms with E-state index < -0.39 is 6.04 Å². The molecule has 1 aliphatic heterocycles.